The zero-order valence-electron chi connectivity index (χ0n) is 10.5. The summed E-state index contributed by atoms with van der Waals surface area (Å²) in [4.78, 5) is 14.0. The van der Waals surface area contributed by atoms with Gasteiger partial charge in [-0.3, -0.25) is 4.79 Å². The van der Waals surface area contributed by atoms with Crippen molar-refractivity contribution in [1.82, 2.24) is 4.90 Å². The van der Waals surface area contributed by atoms with E-state index in [1.165, 1.54) is 12.8 Å². The first-order chi connectivity index (χ1) is 8.16. The van der Waals surface area contributed by atoms with Gasteiger partial charge in [0.2, 0.25) is 5.91 Å². The van der Waals surface area contributed by atoms with Crippen molar-refractivity contribution in [3.05, 3.63) is 0 Å². The van der Waals surface area contributed by atoms with Crippen molar-refractivity contribution < 1.29 is 9.53 Å². The number of hydrogen-bond donors (Lipinski definition) is 0. The monoisotopic (exact) mass is 259 g/mol. The number of nitrogens with zero attached hydrogens (tertiary/aromatic N) is 1. The number of amides is 1. The van der Waals surface area contributed by atoms with E-state index in [9.17, 15) is 4.79 Å². The van der Waals surface area contributed by atoms with Gasteiger partial charge in [0, 0.05) is 26.3 Å². The highest BCUT2D eigenvalue weighted by Crippen LogP contribution is 2.31. The number of halogens is 1. The Morgan fingerprint density at radius 3 is 2.24 bits per heavy atom. The van der Waals surface area contributed by atoms with Crippen molar-refractivity contribution in [3.8, 4) is 0 Å². The average molecular weight is 260 g/mol. The van der Waals surface area contributed by atoms with Crippen molar-refractivity contribution in [2.24, 2.45) is 11.8 Å². The second-order valence-corrected chi connectivity index (χ2v) is 6.01. The van der Waals surface area contributed by atoms with E-state index in [2.05, 4.69) is 0 Å². The van der Waals surface area contributed by atoms with Gasteiger partial charge in [0.05, 0.1) is 0 Å². The number of rotatable bonds is 5. The fraction of sp³-hybridized carbons (Fsp3) is 0.923. The molecule has 0 aromatic carbocycles. The Labute approximate surface area is 108 Å². The first-order valence-corrected chi connectivity index (χ1v) is 7.11. The summed E-state index contributed by atoms with van der Waals surface area (Å²) in [5, 5.41) is -0.395. The van der Waals surface area contributed by atoms with Crippen LogP contribution < -0.4 is 0 Å². The van der Waals surface area contributed by atoms with Crippen molar-refractivity contribution >= 4 is 17.5 Å². The number of ether oxygens (including phenoxy) is 1. The van der Waals surface area contributed by atoms with Crippen LogP contribution in [0.25, 0.3) is 0 Å². The third-order valence-electron chi connectivity index (χ3n) is 3.65. The molecule has 1 unspecified atom stereocenters. The van der Waals surface area contributed by atoms with Gasteiger partial charge in [-0.2, -0.15) is 0 Å². The number of hydrogen-bond acceptors (Lipinski definition) is 2. The summed E-state index contributed by atoms with van der Waals surface area (Å²) in [5.41, 5.74) is 0. The Morgan fingerprint density at radius 2 is 1.76 bits per heavy atom. The van der Waals surface area contributed by atoms with Gasteiger partial charge in [-0.25, -0.2) is 0 Å². The van der Waals surface area contributed by atoms with E-state index < -0.39 is 5.38 Å². The van der Waals surface area contributed by atoms with Crippen LogP contribution in [0, 0.1) is 11.8 Å². The van der Waals surface area contributed by atoms with E-state index in [0.29, 0.717) is 5.92 Å². The molecule has 3 nitrogen and oxygen atoms in total. The first-order valence-electron chi connectivity index (χ1n) is 6.67. The van der Waals surface area contributed by atoms with Crippen LogP contribution in [0.3, 0.4) is 0 Å². The second kappa shape index (κ2) is 6.05. The van der Waals surface area contributed by atoms with E-state index >= 15 is 0 Å². The number of carbonyl (C=O) groups is 1. The molecule has 1 amide bonds. The van der Waals surface area contributed by atoms with Crippen molar-refractivity contribution in [2.75, 3.05) is 26.3 Å². The molecule has 0 N–H and O–H groups in total. The molecule has 2 aliphatic rings. The van der Waals surface area contributed by atoms with Gasteiger partial charge in [-0.1, -0.05) is 0 Å². The molecule has 0 aromatic rings. The zero-order valence-corrected chi connectivity index (χ0v) is 11.3. The lowest BCUT2D eigenvalue weighted by Crippen LogP contribution is -2.41. The van der Waals surface area contributed by atoms with Crippen LogP contribution in [0.1, 0.15) is 32.6 Å². The van der Waals surface area contributed by atoms with Crippen molar-refractivity contribution in [3.63, 3.8) is 0 Å². The minimum Gasteiger partial charge on any atom is -0.381 e. The Bertz CT molecular complexity index is 260. The SMILES string of the molecule is CC(Cl)C(=O)N(CC1CCOCC1)CC1CC1. The molecule has 0 aromatic heterocycles. The normalized spacial score (nSPS) is 23.4. The molecule has 1 saturated heterocycles. The van der Waals surface area contributed by atoms with E-state index in [1.807, 2.05) is 4.90 Å². The third-order valence-corrected chi connectivity index (χ3v) is 3.83. The van der Waals surface area contributed by atoms with Crippen LogP contribution in [-0.4, -0.2) is 42.5 Å². The summed E-state index contributed by atoms with van der Waals surface area (Å²) in [6.45, 7) is 5.23. The minimum absolute atomic E-state index is 0.102. The molecule has 0 spiro atoms. The fourth-order valence-electron chi connectivity index (χ4n) is 2.36. The maximum absolute atomic E-state index is 12.0. The lowest BCUT2D eigenvalue weighted by molar-refractivity contribution is -0.131. The summed E-state index contributed by atoms with van der Waals surface area (Å²) < 4.78 is 5.35. The molecule has 17 heavy (non-hydrogen) atoms. The Kier molecular flexibility index (Phi) is 4.69. The predicted octanol–water partition coefficient (Wildman–Crippen LogP) is 2.28. The van der Waals surface area contributed by atoms with Crippen LogP contribution in [0.15, 0.2) is 0 Å². The maximum Gasteiger partial charge on any atom is 0.240 e. The average Bonchev–Trinajstić information content (AvgIpc) is 3.12. The number of carbonyl (C=O) groups excluding carboxylic acids is 1. The molecule has 1 heterocycles. The fourth-order valence-corrected chi connectivity index (χ4v) is 2.50. The molecule has 1 atom stereocenters. The van der Waals surface area contributed by atoms with Gasteiger partial charge in [0.25, 0.3) is 0 Å². The molecule has 1 saturated carbocycles. The van der Waals surface area contributed by atoms with Gasteiger partial charge in [-0.05, 0) is 44.4 Å². The lowest BCUT2D eigenvalue weighted by atomic mass is 9.99. The van der Waals surface area contributed by atoms with Crippen LogP contribution in [0.2, 0.25) is 0 Å². The van der Waals surface area contributed by atoms with Crippen LogP contribution in [-0.2, 0) is 9.53 Å². The van der Waals surface area contributed by atoms with Gasteiger partial charge in [0.15, 0.2) is 0 Å². The quantitative estimate of drug-likeness (QED) is 0.709. The van der Waals surface area contributed by atoms with E-state index in [4.69, 9.17) is 16.3 Å². The summed E-state index contributed by atoms with van der Waals surface area (Å²) >= 11 is 5.93. The van der Waals surface area contributed by atoms with Crippen molar-refractivity contribution in [2.45, 2.75) is 38.0 Å². The standard InChI is InChI=1S/C13H22ClNO2/c1-10(14)13(16)15(8-11-2-3-11)9-12-4-6-17-7-5-12/h10-12H,2-9H2,1H3. The largest absolute Gasteiger partial charge is 0.381 e. The van der Waals surface area contributed by atoms with Crippen molar-refractivity contribution in [1.29, 1.82) is 0 Å². The predicted molar refractivity (Wildman–Crippen MR) is 68.2 cm³/mol. The minimum atomic E-state index is -0.395. The molecule has 0 bridgehead atoms. The topological polar surface area (TPSA) is 29.5 Å². The molecule has 0 radical (unpaired) electrons. The molecule has 1 aliphatic heterocycles. The second-order valence-electron chi connectivity index (χ2n) is 5.36. The lowest BCUT2D eigenvalue weighted by Gasteiger charge is -2.30. The van der Waals surface area contributed by atoms with Gasteiger partial charge >= 0.3 is 0 Å². The highest BCUT2D eigenvalue weighted by molar-refractivity contribution is 6.30. The van der Waals surface area contributed by atoms with E-state index in [-0.39, 0.29) is 5.91 Å². The summed E-state index contributed by atoms with van der Waals surface area (Å²) in [5.74, 6) is 1.43. The molecule has 2 fully saturated rings. The molecular weight excluding hydrogens is 238 g/mol. The molecular formula is C13H22ClNO2. The van der Waals surface area contributed by atoms with Gasteiger partial charge in [0.1, 0.15) is 5.38 Å². The Hall–Kier alpha value is -0.280. The first kappa shape index (κ1) is 13.2. The smallest absolute Gasteiger partial charge is 0.240 e. The maximum atomic E-state index is 12.0. The molecule has 4 heteroatoms. The molecule has 1 aliphatic carbocycles. The number of alkyl halides is 1. The summed E-state index contributed by atoms with van der Waals surface area (Å²) in [7, 11) is 0. The van der Waals surface area contributed by atoms with Crippen LogP contribution in [0.4, 0.5) is 0 Å². The summed E-state index contributed by atoms with van der Waals surface area (Å²) in [6, 6.07) is 0. The van der Waals surface area contributed by atoms with E-state index in [0.717, 1.165) is 45.1 Å². The molecule has 2 rings (SSSR count). The molecule has 98 valence electrons. The third kappa shape index (κ3) is 4.14. The van der Waals surface area contributed by atoms with Gasteiger partial charge in [-0.15, -0.1) is 11.6 Å². The van der Waals surface area contributed by atoms with Crippen LogP contribution in [0.5, 0.6) is 0 Å². The van der Waals surface area contributed by atoms with Gasteiger partial charge < -0.3 is 9.64 Å². The highest BCUT2D eigenvalue weighted by Gasteiger charge is 2.30. The Balaban J connectivity index is 1.86. The highest BCUT2D eigenvalue weighted by atomic mass is 35.5. The zero-order chi connectivity index (χ0) is 12.3. The van der Waals surface area contributed by atoms with Crippen LogP contribution >= 0.6 is 11.6 Å². The Morgan fingerprint density at radius 1 is 1.24 bits per heavy atom. The summed E-state index contributed by atoms with van der Waals surface area (Å²) in [6.07, 6.45) is 4.69. The van der Waals surface area contributed by atoms with E-state index in [1.54, 1.807) is 6.92 Å².